The number of methoxy groups -OCH3 is 1. The van der Waals surface area contributed by atoms with Crippen molar-refractivity contribution in [1.29, 1.82) is 0 Å². The number of fused-ring (bicyclic) bond motifs is 3. The van der Waals surface area contributed by atoms with Crippen LogP contribution in [0.15, 0.2) is 23.8 Å². The van der Waals surface area contributed by atoms with Gasteiger partial charge in [-0.1, -0.05) is 6.07 Å². The summed E-state index contributed by atoms with van der Waals surface area (Å²) >= 11 is 1.83. The van der Waals surface area contributed by atoms with E-state index in [0.717, 1.165) is 29.6 Å². The van der Waals surface area contributed by atoms with E-state index in [9.17, 15) is 0 Å². The third kappa shape index (κ3) is 2.77. The minimum atomic E-state index is 0. The quantitative estimate of drug-likeness (QED) is 0.813. The maximum absolute atomic E-state index is 5.48. The van der Waals surface area contributed by atoms with Crippen LogP contribution < -0.4 is 4.74 Å². The highest BCUT2D eigenvalue weighted by Gasteiger charge is 2.40. The summed E-state index contributed by atoms with van der Waals surface area (Å²) in [4.78, 5) is 7.25. The van der Waals surface area contributed by atoms with Crippen LogP contribution in [0.25, 0.3) is 15.8 Å². The van der Waals surface area contributed by atoms with Crippen molar-refractivity contribution in [3.05, 3.63) is 28.8 Å². The van der Waals surface area contributed by atoms with E-state index in [2.05, 4.69) is 31.1 Å². The van der Waals surface area contributed by atoms with Crippen LogP contribution in [0.1, 0.15) is 24.3 Å². The van der Waals surface area contributed by atoms with Gasteiger partial charge in [-0.2, -0.15) is 0 Å². The fourth-order valence-corrected chi connectivity index (χ4v) is 5.25. The molecule has 0 spiro atoms. The Morgan fingerprint density at radius 3 is 2.78 bits per heavy atom. The van der Waals surface area contributed by atoms with Gasteiger partial charge in [0.25, 0.3) is 0 Å². The minimum Gasteiger partial charge on any atom is -0.494 e. The zero-order valence-corrected chi connectivity index (χ0v) is 15.5. The van der Waals surface area contributed by atoms with Crippen molar-refractivity contribution in [2.45, 2.75) is 19.3 Å². The summed E-state index contributed by atoms with van der Waals surface area (Å²) in [5, 5.41) is 1.23. The van der Waals surface area contributed by atoms with E-state index in [1.807, 2.05) is 17.4 Å². The van der Waals surface area contributed by atoms with Crippen LogP contribution >= 0.6 is 23.7 Å². The predicted octanol–water partition coefficient (Wildman–Crippen LogP) is 4.47. The van der Waals surface area contributed by atoms with Crippen LogP contribution in [0, 0.1) is 11.8 Å². The van der Waals surface area contributed by atoms with E-state index in [1.54, 1.807) is 18.3 Å². The Hall–Kier alpha value is -1.10. The SMILES string of the molecule is COc1cccc2sc(C3=C(CN(C)C)C4CCC3C4)nc12.Cl. The van der Waals surface area contributed by atoms with Gasteiger partial charge >= 0.3 is 0 Å². The number of likely N-dealkylation sites (N-methyl/N-ethyl adjacent to an activating group) is 1. The Morgan fingerprint density at radius 1 is 1.26 bits per heavy atom. The van der Waals surface area contributed by atoms with Crippen LogP contribution in [-0.4, -0.2) is 37.6 Å². The highest BCUT2D eigenvalue weighted by molar-refractivity contribution is 7.19. The van der Waals surface area contributed by atoms with Gasteiger partial charge in [0.05, 0.1) is 11.8 Å². The fourth-order valence-electron chi connectivity index (χ4n) is 4.11. The number of nitrogens with zero attached hydrogens (tertiary/aromatic N) is 2. The molecular formula is C18H23ClN2OS. The van der Waals surface area contributed by atoms with Gasteiger partial charge in [-0.25, -0.2) is 4.98 Å². The van der Waals surface area contributed by atoms with Crippen molar-refractivity contribution >= 4 is 39.5 Å². The van der Waals surface area contributed by atoms with Crippen LogP contribution in [0.5, 0.6) is 5.75 Å². The maximum Gasteiger partial charge on any atom is 0.145 e. The maximum atomic E-state index is 5.48. The zero-order chi connectivity index (χ0) is 15.3. The third-order valence-corrected chi connectivity index (χ3v) is 6.05. The van der Waals surface area contributed by atoms with Gasteiger partial charge in [0, 0.05) is 6.54 Å². The molecule has 1 heterocycles. The van der Waals surface area contributed by atoms with Crippen molar-refractivity contribution < 1.29 is 4.74 Å². The topological polar surface area (TPSA) is 25.4 Å². The molecule has 2 atom stereocenters. The monoisotopic (exact) mass is 350 g/mol. The number of halogens is 1. The first kappa shape index (κ1) is 16.7. The van der Waals surface area contributed by atoms with Gasteiger partial charge in [-0.3, -0.25) is 0 Å². The molecule has 1 aromatic heterocycles. The van der Waals surface area contributed by atoms with E-state index in [4.69, 9.17) is 9.72 Å². The molecule has 0 saturated heterocycles. The number of allylic oxidation sites excluding steroid dienone is 1. The molecule has 0 radical (unpaired) electrons. The first-order chi connectivity index (χ1) is 10.7. The van der Waals surface area contributed by atoms with E-state index in [0.29, 0.717) is 0 Å². The highest BCUT2D eigenvalue weighted by atomic mass is 35.5. The molecule has 0 N–H and O–H groups in total. The third-order valence-electron chi connectivity index (χ3n) is 5.00. The first-order valence-electron chi connectivity index (χ1n) is 7.99. The zero-order valence-electron chi connectivity index (χ0n) is 13.8. The van der Waals surface area contributed by atoms with Gasteiger partial charge in [-0.05, 0) is 68.5 Å². The molecular weight excluding hydrogens is 328 g/mol. The van der Waals surface area contributed by atoms with Crippen molar-refractivity contribution in [2.75, 3.05) is 27.7 Å². The fraction of sp³-hybridized carbons (Fsp3) is 0.500. The molecule has 23 heavy (non-hydrogen) atoms. The molecule has 2 aromatic rings. The number of para-hydroxylation sites is 1. The van der Waals surface area contributed by atoms with Gasteiger partial charge in [0.2, 0.25) is 0 Å². The van der Waals surface area contributed by atoms with Gasteiger partial charge in [-0.15, -0.1) is 23.7 Å². The molecule has 1 fully saturated rings. The Morgan fingerprint density at radius 2 is 2.04 bits per heavy atom. The summed E-state index contributed by atoms with van der Waals surface area (Å²) in [7, 11) is 6.05. The lowest BCUT2D eigenvalue weighted by molar-refractivity contribution is 0.419. The standard InChI is InChI=1S/C18H22N2OS.ClH/c1-20(2)10-13-11-7-8-12(9-11)16(13)18-19-17-14(21-3)5-4-6-15(17)22-18;/h4-6,11-12H,7-10H2,1-3H3;1H. The average molecular weight is 351 g/mol. The van der Waals surface area contributed by atoms with Crippen molar-refractivity contribution in [2.24, 2.45) is 11.8 Å². The minimum absolute atomic E-state index is 0. The van der Waals surface area contributed by atoms with Crippen molar-refractivity contribution in [3.63, 3.8) is 0 Å². The second-order valence-corrected chi connectivity index (χ2v) is 7.74. The normalized spacial score (nSPS) is 23.0. The predicted molar refractivity (Wildman–Crippen MR) is 99.7 cm³/mol. The number of aromatic nitrogens is 1. The van der Waals surface area contributed by atoms with Crippen LogP contribution in [0.4, 0.5) is 0 Å². The Balaban J connectivity index is 0.00000156. The van der Waals surface area contributed by atoms with E-state index >= 15 is 0 Å². The van der Waals surface area contributed by atoms with E-state index < -0.39 is 0 Å². The number of thiazole rings is 1. The lowest BCUT2D eigenvalue weighted by Crippen LogP contribution is -2.19. The summed E-state index contributed by atoms with van der Waals surface area (Å²) in [6, 6.07) is 6.21. The molecule has 3 nitrogen and oxygen atoms in total. The smallest absolute Gasteiger partial charge is 0.145 e. The molecule has 1 aromatic carbocycles. The number of hydrogen-bond donors (Lipinski definition) is 0. The second-order valence-electron chi connectivity index (χ2n) is 6.71. The summed E-state index contributed by atoms with van der Waals surface area (Å²) in [5.41, 5.74) is 4.21. The molecule has 2 bridgehead atoms. The largest absolute Gasteiger partial charge is 0.494 e. The van der Waals surface area contributed by atoms with Crippen molar-refractivity contribution in [3.8, 4) is 5.75 Å². The number of ether oxygens (including phenoxy) is 1. The Kier molecular flexibility index (Phi) is 4.68. The molecule has 124 valence electrons. The lowest BCUT2D eigenvalue weighted by atomic mass is 9.92. The number of hydrogen-bond acceptors (Lipinski definition) is 4. The molecule has 2 unspecified atom stereocenters. The first-order valence-corrected chi connectivity index (χ1v) is 8.80. The van der Waals surface area contributed by atoms with E-state index in [-0.39, 0.29) is 12.4 Å². The van der Waals surface area contributed by atoms with Crippen LogP contribution in [0.3, 0.4) is 0 Å². The molecule has 4 rings (SSSR count). The van der Waals surface area contributed by atoms with Gasteiger partial charge < -0.3 is 9.64 Å². The lowest BCUT2D eigenvalue weighted by Gasteiger charge is -2.21. The van der Waals surface area contributed by atoms with Crippen molar-refractivity contribution in [1.82, 2.24) is 9.88 Å². The summed E-state index contributed by atoms with van der Waals surface area (Å²) in [6.45, 7) is 1.07. The summed E-state index contributed by atoms with van der Waals surface area (Å²) < 4.78 is 6.71. The average Bonchev–Trinajstić information content (AvgIpc) is 3.19. The Bertz CT molecular complexity index is 753. The van der Waals surface area contributed by atoms with Gasteiger partial charge in [0.15, 0.2) is 0 Å². The molecule has 5 heteroatoms. The molecule has 2 aliphatic carbocycles. The Labute approximate surface area is 147 Å². The molecule has 1 saturated carbocycles. The molecule has 2 aliphatic rings. The van der Waals surface area contributed by atoms with Gasteiger partial charge in [0.1, 0.15) is 16.3 Å². The highest BCUT2D eigenvalue weighted by Crippen LogP contribution is 2.53. The number of benzene rings is 1. The molecule has 0 amide bonds. The number of rotatable bonds is 4. The van der Waals surface area contributed by atoms with Crippen LogP contribution in [-0.2, 0) is 0 Å². The summed E-state index contributed by atoms with van der Waals surface area (Å²) in [6.07, 6.45) is 4.04. The van der Waals surface area contributed by atoms with Crippen LogP contribution in [0.2, 0.25) is 0 Å². The second kappa shape index (κ2) is 6.42. The molecule has 0 aliphatic heterocycles. The summed E-state index contributed by atoms with van der Waals surface area (Å²) in [5.74, 6) is 2.40. The van der Waals surface area contributed by atoms with E-state index in [1.165, 1.54) is 29.0 Å².